The number of aldehydes is 1. The predicted octanol–water partition coefficient (Wildman–Crippen LogP) is 3.87. The molecule has 1 aliphatic heterocycles. The molecule has 1 rings (SSSR count). The Morgan fingerprint density at radius 3 is 2.34 bits per heavy atom. The predicted molar refractivity (Wildman–Crippen MR) is 153 cm³/mol. The molecule has 8 heteroatoms. The standard InChI is InChI=1S/C30H60N2O6/c1-12-26(36-11)30(8,35)16-19(2)17-31-22(5)13-20(3)29(24(7)28(34)21(4)18-33)38-27-15-25(32(9)10)14-23(6)37-27/h18-29,31,34-35H,12-17H2,1-11H3/t19?,20?,21?,22?,23?,24?,25?,26?,27?,28?,29-,30-/m0/s1. The molecule has 1 fully saturated rings. The first-order valence-electron chi connectivity index (χ1n) is 14.8. The van der Waals surface area contributed by atoms with Crippen LogP contribution in [0.5, 0.6) is 0 Å². The maximum absolute atomic E-state index is 11.4. The highest BCUT2D eigenvalue weighted by atomic mass is 16.7. The molecule has 10 unspecified atom stereocenters. The average Bonchev–Trinajstić information content (AvgIpc) is 2.84. The van der Waals surface area contributed by atoms with E-state index in [0.29, 0.717) is 12.5 Å². The van der Waals surface area contributed by atoms with Crippen LogP contribution in [0.15, 0.2) is 0 Å². The molecule has 12 atom stereocenters. The molecule has 1 heterocycles. The van der Waals surface area contributed by atoms with Crippen LogP contribution in [0.25, 0.3) is 0 Å². The molecule has 1 aliphatic rings. The third-order valence-electron chi connectivity index (χ3n) is 8.51. The average molecular weight is 545 g/mol. The normalized spacial score (nSPS) is 28.5. The van der Waals surface area contributed by atoms with E-state index in [9.17, 15) is 15.0 Å². The summed E-state index contributed by atoms with van der Waals surface area (Å²) < 4.78 is 18.3. The van der Waals surface area contributed by atoms with Crippen LogP contribution in [0.2, 0.25) is 0 Å². The third kappa shape index (κ3) is 11.1. The first-order chi connectivity index (χ1) is 17.7. The van der Waals surface area contributed by atoms with Crippen molar-refractivity contribution < 1.29 is 29.2 Å². The molecule has 0 aromatic rings. The van der Waals surface area contributed by atoms with Crippen LogP contribution in [0, 0.1) is 23.7 Å². The van der Waals surface area contributed by atoms with Gasteiger partial charge in [0.05, 0.1) is 30.0 Å². The first kappa shape index (κ1) is 35.4. The van der Waals surface area contributed by atoms with Gasteiger partial charge in [-0.05, 0) is 78.9 Å². The molecule has 38 heavy (non-hydrogen) atoms. The lowest BCUT2D eigenvalue weighted by Crippen LogP contribution is -2.48. The van der Waals surface area contributed by atoms with Gasteiger partial charge in [0.1, 0.15) is 6.29 Å². The molecule has 0 aliphatic carbocycles. The lowest BCUT2D eigenvalue weighted by Gasteiger charge is -2.42. The van der Waals surface area contributed by atoms with Crippen molar-refractivity contribution >= 4 is 6.29 Å². The number of nitrogens with one attached hydrogen (secondary N) is 1. The Balaban J connectivity index is 2.86. The van der Waals surface area contributed by atoms with Crippen molar-refractivity contribution in [2.24, 2.45) is 23.7 Å². The van der Waals surface area contributed by atoms with Crippen molar-refractivity contribution in [3.63, 3.8) is 0 Å². The molecule has 0 radical (unpaired) electrons. The molecule has 8 nitrogen and oxygen atoms in total. The molecule has 0 spiro atoms. The number of aliphatic hydroxyl groups is 2. The minimum absolute atomic E-state index is 0.0935. The number of ether oxygens (including phenoxy) is 3. The minimum atomic E-state index is -0.873. The number of methoxy groups -OCH3 is 1. The number of carbonyl (C=O) groups is 1. The zero-order chi connectivity index (χ0) is 29.2. The monoisotopic (exact) mass is 544 g/mol. The number of aliphatic hydroxyl groups excluding tert-OH is 1. The van der Waals surface area contributed by atoms with Gasteiger partial charge in [0.15, 0.2) is 6.29 Å². The van der Waals surface area contributed by atoms with Gasteiger partial charge in [-0.2, -0.15) is 0 Å². The van der Waals surface area contributed by atoms with Crippen molar-refractivity contribution in [3.05, 3.63) is 0 Å². The first-order valence-corrected chi connectivity index (χ1v) is 14.8. The summed E-state index contributed by atoms with van der Waals surface area (Å²) in [5, 5.41) is 25.5. The fraction of sp³-hybridized carbons (Fsp3) is 0.967. The number of nitrogens with zero attached hydrogens (tertiary/aromatic N) is 1. The number of hydrogen-bond acceptors (Lipinski definition) is 8. The van der Waals surface area contributed by atoms with Crippen molar-refractivity contribution in [2.75, 3.05) is 27.7 Å². The third-order valence-corrected chi connectivity index (χ3v) is 8.51. The Hall–Kier alpha value is -0.610. The molecular weight excluding hydrogens is 484 g/mol. The Morgan fingerprint density at radius 2 is 1.82 bits per heavy atom. The molecule has 0 amide bonds. The van der Waals surface area contributed by atoms with E-state index in [0.717, 1.165) is 38.5 Å². The Kier molecular flexibility index (Phi) is 15.5. The van der Waals surface area contributed by atoms with Gasteiger partial charge in [0.25, 0.3) is 0 Å². The summed E-state index contributed by atoms with van der Waals surface area (Å²) in [6.45, 7) is 16.9. The van der Waals surface area contributed by atoms with Crippen LogP contribution in [0.3, 0.4) is 0 Å². The van der Waals surface area contributed by atoms with E-state index in [1.165, 1.54) is 0 Å². The van der Waals surface area contributed by atoms with Gasteiger partial charge in [0, 0.05) is 37.5 Å². The summed E-state index contributed by atoms with van der Waals surface area (Å²) >= 11 is 0. The highest BCUT2D eigenvalue weighted by molar-refractivity contribution is 5.53. The Bertz CT molecular complexity index is 659. The van der Waals surface area contributed by atoms with Crippen LogP contribution in [0.1, 0.15) is 87.5 Å². The van der Waals surface area contributed by atoms with E-state index in [4.69, 9.17) is 14.2 Å². The Morgan fingerprint density at radius 1 is 1.18 bits per heavy atom. The fourth-order valence-corrected chi connectivity index (χ4v) is 6.23. The molecule has 226 valence electrons. The van der Waals surface area contributed by atoms with E-state index in [-0.39, 0.29) is 48.4 Å². The zero-order valence-corrected chi connectivity index (χ0v) is 26.1. The lowest BCUT2D eigenvalue weighted by atomic mass is 9.82. The SMILES string of the molecule is CCC(OC)[C@@](C)(O)CC(C)CNC(C)CC(C)[C@H](OC1CC(N(C)C)CC(C)O1)C(C)C(O)C(C)C=O. The second kappa shape index (κ2) is 16.6. The summed E-state index contributed by atoms with van der Waals surface area (Å²) in [6.07, 6.45) is 3.32. The van der Waals surface area contributed by atoms with Gasteiger partial charge in [-0.15, -0.1) is 0 Å². The summed E-state index contributed by atoms with van der Waals surface area (Å²) in [4.78, 5) is 13.7. The smallest absolute Gasteiger partial charge is 0.159 e. The van der Waals surface area contributed by atoms with E-state index >= 15 is 0 Å². The molecule has 0 aromatic heterocycles. The quantitative estimate of drug-likeness (QED) is 0.224. The van der Waals surface area contributed by atoms with E-state index < -0.39 is 17.6 Å². The molecule has 3 N–H and O–H groups in total. The van der Waals surface area contributed by atoms with Crippen LogP contribution in [-0.4, -0.2) is 97.5 Å². The second-order valence-electron chi connectivity index (χ2n) is 12.7. The van der Waals surface area contributed by atoms with Crippen LogP contribution < -0.4 is 5.32 Å². The maximum Gasteiger partial charge on any atom is 0.159 e. The van der Waals surface area contributed by atoms with Crippen molar-refractivity contribution in [3.8, 4) is 0 Å². The van der Waals surface area contributed by atoms with Gasteiger partial charge < -0.3 is 39.4 Å². The van der Waals surface area contributed by atoms with E-state index in [1.54, 1.807) is 14.0 Å². The second-order valence-corrected chi connectivity index (χ2v) is 12.7. The summed E-state index contributed by atoms with van der Waals surface area (Å²) in [5.41, 5.74) is -0.873. The van der Waals surface area contributed by atoms with Gasteiger partial charge in [-0.3, -0.25) is 0 Å². The number of hydrogen-bond donors (Lipinski definition) is 3. The summed E-state index contributed by atoms with van der Waals surface area (Å²) in [6, 6.07) is 0.583. The van der Waals surface area contributed by atoms with Gasteiger partial charge in [-0.25, -0.2) is 0 Å². The molecule has 1 saturated heterocycles. The zero-order valence-electron chi connectivity index (χ0n) is 26.1. The van der Waals surface area contributed by atoms with Crippen molar-refractivity contribution in [1.29, 1.82) is 0 Å². The van der Waals surface area contributed by atoms with Gasteiger partial charge in [-0.1, -0.05) is 34.6 Å². The van der Waals surface area contributed by atoms with E-state index in [1.807, 2.05) is 20.8 Å². The highest BCUT2D eigenvalue weighted by Crippen LogP contribution is 2.32. The van der Waals surface area contributed by atoms with Crippen molar-refractivity contribution in [2.45, 2.75) is 136 Å². The van der Waals surface area contributed by atoms with E-state index in [2.05, 4.69) is 52.0 Å². The summed E-state index contributed by atoms with van der Waals surface area (Å²) in [5.74, 6) is -0.304. The molecule has 0 bridgehead atoms. The largest absolute Gasteiger partial charge is 0.392 e. The number of rotatable bonds is 18. The van der Waals surface area contributed by atoms with Gasteiger partial charge in [0.2, 0.25) is 0 Å². The van der Waals surface area contributed by atoms with Crippen LogP contribution >= 0.6 is 0 Å². The van der Waals surface area contributed by atoms with Gasteiger partial charge >= 0.3 is 0 Å². The minimum Gasteiger partial charge on any atom is -0.392 e. The lowest BCUT2D eigenvalue weighted by molar-refractivity contribution is -0.243. The highest BCUT2D eigenvalue weighted by Gasteiger charge is 2.38. The molecule has 0 saturated carbocycles. The Labute approximate surface area is 233 Å². The molecule has 0 aromatic carbocycles. The van der Waals surface area contributed by atoms with Crippen molar-refractivity contribution in [1.82, 2.24) is 10.2 Å². The summed E-state index contributed by atoms with van der Waals surface area (Å²) in [7, 11) is 5.83. The topological polar surface area (TPSA) is 100 Å². The van der Waals surface area contributed by atoms with Crippen LogP contribution in [-0.2, 0) is 19.0 Å². The van der Waals surface area contributed by atoms with Crippen LogP contribution in [0.4, 0.5) is 0 Å². The fourth-order valence-electron chi connectivity index (χ4n) is 6.23. The number of carbonyl (C=O) groups excluding carboxylic acids is 1. The maximum atomic E-state index is 11.4. The molecular formula is C30H60N2O6.